The van der Waals surface area contributed by atoms with Crippen LogP contribution in [0.4, 0.5) is 4.79 Å². The van der Waals surface area contributed by atoms with Gasteiger partial charge in [-0.1, -0.05) is 20.3 Å². The van der Waals surface area contributed by atoms with Crippen molar-refractivity contribution in [2.75, 3.05) is 19.7 Å². The van der Waals surface area contributed by atoms with E-state index in [-0.39, 0.29) is 11.8 Å². The van der Waals surface area contributed by atoms with Crippen molar-refractivity contribution in [2.24, 2.45) is 5.92 Å². The quantitative estimate of drug-likeness (QED) is 0.647. The zero-order valence-corrected chi connectivity index (χ0v) is 10.3. The fraction of sp³-hybridized carbons (Fsp3) is 0.818. The minimum absolute atomic E-state index is 0.0347. The van der Waals surface area contributed by atoms with E-state index in [1.54, 1.807) is 6.92 Å². The van der Waals surface area contributed by atoms with Crippen LogP contribution in [0.15, 0.2) is 0 Å². The van der Waals surface area contributed by atoms with Gasteiger partial charge in [0.15, 0.2) is 0 Å². The summed E-state index contributed by atoms with van der Waals surface area (Å²) in [5.41, 5.74) is 0. The first-order chi connectivity index (χ1) is 7.61. The van der Waals surface area contributed by atoms with Crippen molar-refractivity contribution in [1.29, 1.82) is 0 Å². The van der Waals surface area contributed by atoms with E-state index in [2.05, 4.69) is 15.4 Å². The smallest absolute Gasteiger partial charge is 0.407 e. The Bertz CT molecular complexity index is 219. The minimum Gasteiger partial charge on any atom is -0.450 e. The molecule has 0 saturated carbocycles. The first kappa shape index (κ1) is 14.7. The van der Waals surface area contributed by atoms with E-state index < -0.39 is 6.09 Å². The van der Waals surface area contributed by atoms with E-state index in [1.807, 2.05) is 13.8 Å². The van der Waals surface area contributed by atoms with Crippen LogP contribution in [0.25, 0.3) is 0 Å². The highest BCUT2D eigenvalue weighted by Gasteiger charge is 2.10. The molecule has 0 radical (unpaired) electrons. The van der Waals surface area contributed by atoms with Crippen LogP contribution in [0.2, 0.25) is 0 Å². The third-order valence-electron chi connectivity index (χ3n) is 2.14. The number of amides is 2. The van der Waals surface area contributed by atoms with Crippen molar-refractivity contribution in [3.05, 3.63) is 0 Å². The van der Waals surface area contributed by atoms with Crippen molar-refractivity contribution >= 4 is 12.0 Å². The predicted octanol–water partition coefficient (Wildman–Crippen LogP) is 1.28. The van der Waals surface area contributed by atoms with Gasteiger partial charge in [0.25, 0.3) is 0 Å². The molecule has 5 heteroatoms. The summed E-state index contributed by atoms with van der Waals surface area (Å²) in [4.78, 5) is 22.3. The minimum atomic E-state index is -0.446. The number of nitrogens with one attached hydrogen (secondary N) is 2. The van der Waals surface area contributed by atoms with Crippen LogP contribution in [0.5, 0.6) is 0 Å². The molecule has 0 aromatic heterocycles. The van der Waals surface area contributed by atoms with Crippen molar-refractivity contribution in [1.82, 2.24) is 10.6 Å². The van der Waals surface area contributed by atoms with Crippen LogP contribution >= 0.6 is 0 Å². The van der Waals surface area contributed by atoms with Crippen molar-refractivity contribution in [2.45, 2.75) is 33.6 Å². The number of ether oxygens (including phenoxy) is 1. The van der Waals surface area contributed by atoms with Crippen LogP contribution in [0.3, 0.4) is 0 Å². The van der Waals surface area contributed by atoms with Crippen LogP contribution < -0.4 is 10.6 Å². The van der Waals surface area contributed by atoms with Crippen LogP contribution in [-0.2, 0) is 9.53 Å². The van der Waals surface area contributed by atoms with Gasteiger partial charge in [-0.15, -0.1) is 0 Å². The fourth-order valence-electron chi connectivity index (χ4n) is 1.27. The molecule has 0 unspecified atom stereocenters. The topological polar surface area (TPSA) is 67.4 Å². The summed E-state index contributed by atoms with van der Waals surface area (Å²) in [6.45, 7) is 6.87. The monoisotopic (exact) mass is 230 g/mol. The third-order valence-corrected chi connectivity index (χ3v) is 2.14. The molecule has 0 aliphatic heterocycles. The second-order valence-corrected chi connectivity index (χ2v) is 3.63. The maximum atomic E-state index is 11.4. The molecular weight excluding hydrogens is 208 g/mol. The highest BCUT2D eigenvalue weighted by atomic mass is 16.5. The lowest BCUT2D eigenvalue weighted by Gasteiger charge is -2.11. The molecule has 0 spiro atoms. The zero-order chi connectivity index (χ0) is 12.4. The van der Waals surface area contributed by atoms with E-state index >= 15 is 0 Å². The van der Waals surface area contributed by atoms with Gasteiger partial charge in [0.1, 0.15) is 0 Å². The van der Waals surface area contributed by atoms with Crippen molar-refractivity contribution in [3.63, 3.8) is 0 Å². The van der Waals surface area contributed by atoms with E-state index in [0.717, 1.165) is 12.8 Å². The molecular formula is C11H22N2O3. The molecule has 16 heavy (non-hydrogen) atoms. The van der Waals surface area contributed by atoms with Gasteiger partial charge in [0.2, 0.25) is 5.91 Å². The predicted molar refractivity (Wildman–Crippen MR) is 62.1 cm³/mol. The molecule has 2 amide bonds. The van der Waals surface area contributed by atoms with Crippen LogP contribution in [-0.4, -0.2) is 31.7 Å². The number of carbonyl (C=O) groups is 2. The number of alkyl carbamates (subject to hydrolysis) is 1. The molecule has 0 fully saturated rings. The molecule has 2 N–H and O–H groups in total. The molecule has 0 bridgehead atoms. The summed E-state index contributed by atoms with van der Waals surface area (Å²) in [6, 6.07) is 0. The van der Waals surface area contributed by atoms with Gasteiger partial charge in [0, 0.05) is 19.0 Å². The molecule has 1 atom stereocenters. The summed E-state index contributed by atoms with van der Waals surface area (Å²) in [5.74, 6) is 0.0695. The van der Waals surface area contributed by atoms with Gasteiger partial charge >= 0.3 is 6.09 Å². The number of hydrogen-bond acceptors (Lipinski definition) is 3. The number of rotatable bonds is 7. The summed E-state index contributed by atoms with van der Waals surface area (Å²) in [5, 5.41) is 5.29. The maximum absolute atomic E-state index is 11.4. The van der Waals surface area contributed by atoms with Gasteiger partial charge in [0.05, 0.1) is 6.61 Å². The Balaban J connectivity index is 3.51. The normalized spacial score (nSPS) is 11.7. The second kappa shape index (κ2) is 9.00. The van der Waals surface area contributed by atoms with Gasteiger partial charge in [-0.3, -0.25) is 4.79 Å². The van der Waals surface area contributed by atoms with E-state index in [1.165, 1.54) is 0 Å². The van der Waals surface area contributed by atoms with Crippen molar-refractivity contribution in [3.8, 4) is 0 Å². The average Bonchev–Trinajstić information content (AvgIpc) is 2.24. The van der Waals surface area contributed by atoms with E-state index in [9.17, 15) is 9.59 Å². The molecule has 0 saturated heterocycles. The Hall–Kier alpha value is -1.26. The summed E-state index contributed by atoms with van der Waals surface area (Å²) in [6.07, 6.45) is 1.44. The number of carbonyl (C=O) groups excluding carboxylic acids is 2. The average molecular weight is 230 g/mol. The molecule has 0 heterocycles. The summed E-state index contributed by atoms with van der Waals surface area (Å²) in [7, 11) is 0. The number of hydrogen-bond donors (Lipinski definition) is 2. The van der Waals surface area contributed by atoms with Gasteiger partial charge < -0.3 is 15.4 Å². The first-order valence-corrected chi connectivity index (χ1v) is 5.80. The van der Waals surface area contributed by atoms with Crippen LogP contribution in [0.1, 0.15) is 33.6 Å². The first-order valence-electron chi connectivity index (χ1n) is 5.80. The van der Waals surface area contributed by atoms with Gasteiger partial charge in [-0.25, -0.2) is 4.79 Å². The largest absolute Gasteiger partial charge is 0.450 e. The summed E-state index contributed by atoms with van der Waals surface area (Å²) < 4.78 is 4.67. The third kappa shape index (κ3) is 7.09. The highest BCUT2D eigenvalue weighted by Crippen LogP contribution is 2.03. The lowest BCUT2D eigenvalue weighted by atomic mass is 10.1. The Labute approximate surface area is 96.9 Å². The Morgan fingerprint density at radius 2 is 1.81 bits per heavy atom. The summed E-state index contributed by atoms with van der Waals surface area (Å²) >= 11 is 0. The zero-order valence-electron chi connectivity index (χ0n) is 10.3. The highest BCUT2D eigenvalue weighted by molar-refractivity contribution is 5.78. The van der Waals surface area contributed by atoms with Gasteiger partial charge in [-0.2, -0.15) is 0 Å². The molecule has 0 aliphatic rings. The SMILES string of the molecule is CCC[C@H](C)C(=O)NCCNC(=O)OCC. The lowest BCUT2D eigenvalue weighted by molar-refractivity contribution is -0.124. The molecule has 0 aromatic rings. The van der Waals surface area contributed by atoms with E-state index in [4.69, 9.17) is 0 Å². The maximum Gasteiger partial charge on any atom is 0.407 e. The van der Waals surface area contributed by atoms with Crippen molar-refractivity contribution < 1.29 is 14.3 Å². The Morgan fingerprint density at radius 1 is 1.19 bits per heavy atom. The molecule has 5 nitrogen and oxygen atoms in total. The fourth-order valence-corrected chi connectivity index (χ4v) is 1.27. The van der Waals surface area contributed by atoms with Crippen LogP contribution in [0, 0.1) is 5.92 Å². The Kier molecular flexibility index (Phi) is 8.29. The molecule has 0 rings (SSSR count). The molecule has 0 aromatic carbocycles. The standard InChI is InChI=1S/C11H22N2O3/c1-4-6-9(3)10(14)12-7-8-13-11(15)16-5-2/h9H,4-8H2,1-3H3,(H,12,14)(H,13,15)/t9-/m0/s1. The molecule has 94 valence electrons. The van der Waals surface area contributed by atoms with Gasteiger partial charge in [-0.05, 0) is 13.3 Å². The van der Waals surface area contributed by atoms with E-state index in [0.29, 0.717) is 19.7 Å². The second-order valence-electron chi connectivity index (χ2n) is 3.63. The lowest BCUT2D eigenvalue weighted by Crippen LogP contribution is -2.37. The Morgan fingerprint density at radius 3 is 2.38 bits per heavy atom. The molecule has 0 aliphatic carbocycles.